The second kappa shape index (κ2) is 6.50. The summed E-state index contributed by atoms with van der Waals surface area (Å²) in [7, 11) is 0. The van der Waals surface area contributed by atoms with E-state index in [1.54, 1.807) is 0 Å². The van der Waals surface area contributed by atoms with Crippen molar-refractivity contribution in [3.63, 3.8) is 0 Å². The van der Waals surface area contributed by atoms with E-state index in [1.807, 2.05) is 39.0 Å². The molecule has 0 aliphatic carbocycles. The third-order valence-electron chi connectivity index (χ3n) is 3.20. The van der Waals surface area contributed by atoms with Crippen LogP contribution in [0.15, 0.2) is 18.2 Å². The van der Waals surface area contributed by atoms with Crippen molar-refractivity contribution in [2.24, 2.45) is 0 Å². The maximum absolute atomic E-state index is 12.3. The molecule has 0 amide bonds. The van der Waals surface area contributed by atoms with Gasteiger partial charge in [0.2, 0.25) is 0 Å². The number of carbonyl (C=O) groups excluding carboxylic acids is 1. The summed E-state index contributed by atoms with van der Waals surface area (Å²) in [4.78, 5) is 13.3. The molecular weight excluding hydrogens is 306 g/mol. The van der Waals surface area contributed by atoms with Gasteiger partial charge in [0.05, 0.1) is 6.61 Å². The standard InChI is InChI=1S/C16H18ClNO2S/c1-4-7-20-16(19)14-13(10(3)21-15(14)18)11-5-6-12(17)9(2)8-11/h5-6,8H,4,7,18H2,1-3H3. The molecule has 0 aliphatic rings. The van der Waals surface area contributed by atoms with Gasteiger partial charge in [-0.2, -0.15) is 0 Å². The molecule has 0 spiro atoms. The SMILES string of the molecule is CCCOC(=O)c1c(N)sc(C)c1-c1ccc(Cl)c(C)c1. The van der Waals surface area contributed by atoms with Crippen molar-refractivity contribution in [3.8, 4) is 11.1 Å². The first kappa shape index (κ1) is 15.9. The van der Waals surface area contributed by atoms with Crippen molar-refractivity contribution in [1.82, 2.24) is 0 Å². The lowest BCUT2D eigenvalue weighted by molar-refractivity contribution is 0.0507. The van der Waals surface area contributed by atoms with Gasteiger partial charge in [-0.15, -0.1) is 11.3 Å². The van der Waals surface area contributed by atoms with Crippen LogP contribution in [0.1, 0.15) is 34.1 Å². The van der Waals surface area contributed by atoms with Crippen LogP contribution in [-0.2, 0) is 4.74 Å². The molecule has 2 rings (SSSR count). The van der Waals surface area contributed by atoms with E-state index in [1.165, 1.54) is 11.3 Å². The molecule has 2 aromatic rings. The van der Waals surface area contributed by atoms with E-state index in [0.29, 0.717) is 22.2 Å². The summed E-state index contributed by atoms with van der Waals surface area (Å²) in [5, 5.41) is 1.20. The number of hydrogen-bond acceptors (Lipinski definition) is 4. The average molecular weight is 324 g/mol. The van der Waals surface area contributed by atoms with Crippen LogP contribution in [-0.4, -0.2) is 12.6 Å². The summed E-state index contributed by atoms with van der Waals surface area (Å²) < 4.78 is 5.25. The minimum absolute atomic E-state index is 0.360. The second-order valence-corrected chi connectivity index (χ2v) is 6.54. The Morgan fingerprint density at radius 3 is 2.71 bits per heavy atom. The van der Waals surface area contributed by atoms with Gasteiger partial charge in [-0.05, 0) is 43.5 Å². The quantitative estimate of drug-likeness (QED) is 0.819. The highest BCUT2D eigenvalue weighted by atomic mass is 35.5. The molecule has 2 N–H and O–H groups in total. The van der Waals surface area contributed by atoms with Crippen LogP contribution in [0.5, 0.6) is 0 Å². The Hall–Kier alpha value is -1.52. The molecule has 0 atom stereocenters. The molecule has 1 heterocycles. The zero-order valence-corrected chi connectivity index (χ0v) is 13.9. The number of rotatable bonds is 4. The monoisotopic (exact) mass is 323 g/mol. The predicted octanol–water partition coefficient (Wildman–Crippen LogP) is 4.83. The summed E-state index contributed by atoms with van der Waals surface area (Å²) in [5.41, 5.74) is 9.22. The number of thiophene rings is 1. The molecule has 0 fully saturated rings. The van der Waals surface area contributed by atoms with Gasteiger partial charge in [0.25, 0.3) is 0 Å². The van der Waals surface area contributed by atoms with E-state index in [-0.39, 0.29) is 5.97 Å². The number of hydrogen-bond donors (Lipinski definition) is 1. The Bertz CT molecular complexity index is 679. The Morgan fingerprint density at radius 1 is 1.38 bits per heavy atom. The average Bonchev–Trinajstić information content (AvgIpc) is 2.74. The third-order valence-corrected chi connectivity index (χ3v) is 4.56. The number of nitrogens with two attached hydrogens (primary N) is 1. The van der Waals surface area contributed by atoms with Crippen LogP contribution < -0.4 is 5.73 Å². The van der Waals surface area contributed by atoms with Crippen LogP contribution >= 0.6 is 22.9 Å². The summed E-state index contributed by atoms with van der Waals surface area (Å²) in [6, 6.07) is 5.70. The molecule has 0 unspecified atom stereocenters. The largest absolute Gasteiger partial charge is 0.462 e. The molecule has 0 saturated heterocycles. The normalized spacial score (nSPS) is 10.7. The van der Waals surface area contributed by atoms with Crippen molar-refractivity contribution >= 4 is 33.9 Å². The topological polar surface area (TPSA) is 52.3 Å². The Morgan fingerprint density at radius 2 is 2.10 bits per heavy atom. The molecule has 3 nitrogen and oxygen atoms in total. The number of ether oxygens (including phenoxy) is 1. The molecule has 5 heteroatoms. The first-order valence-electron chi connectivity index (χ1n) is 6.78. The fourth-order valence-corrected chi connectivity index (χ4v) is 3.24. The van der Waals surface area contributed by atoms with Crippen molar-refractivity contribution in [3.05, 3.63) is 39.2 Å². The molecule has 0 radical (unpaired) electrons. The smallest absolute Gasteiger partial charge is 0.341 e. The zero-order valence-electron chi connectivity index (χ0n) is 12.3. The molecule has 1 aromatic carbocycles. The van der Waals surface area contributed by atoms with E-state index >= 15 is 0 Å². The highest BCUT2D eigenvalue weighted by Crippen LogP contribution is 2.39. The number of esters is 1. The number of benzene rings is 1. The Kier molecular flexibility index (Phi) is 4.91. The molecular formula is C16H18ClNO2S. The van der Waals surface area contributed by atoms with E-state index in [2.05, 4.69) is 0 Å². The zero-order chi connectivity index (χ0) is 15.6. The third kappa shape index (κ3) is 3.22. The summed E-state index contributed by atoms with van der Waals surface area (Å²) in [6.07, 6.45) is 0.782. The summed E-state index contributed by atoms with van der Waals surface area (Å²) in [6.45, 7) is 6.24. The van der Waals surface area contributed by atoms with E-state index in [4.69, 9.17) is 22.1 Å². The summed E-state index contributed by atoms with van der Waals surface area (Å²) in [5.74, 6) is -0.360. The number of nitrogen functional groups attached to an aromatic ring is 1. The number of halogens is 1. The Balaban J connectivity index is 2.52. The van der Waals surface area contributed by atoms with Crippen molar-refractivity contribution < 1.29 is 9.53 Å². The van der Waals surface area contributed by atoms with Crippen LogP contribution in [0.2, 0.25) is 5.02 Å². The van der Waals surface area contributed by atoms with Crippen molar-refractivity contribution in [1.29, 1.82) is 0 Å². The number of anilines is 1. The lowest BCUT2D eigenvalue weighted by atomic mass is 10.00. The highest BCUT2D eigenvalue weighted by molar-refractivity contribution is 7.16. The van der Waals surface area contributed by atoms with E-state index < -0.39 is 0 Å². The minimum Gasteiger partial charge on any atom is -0.462 e. The van der Waals surface area contributed by atoms with Gasteiger partial charge in [0.1, 0.15) is 10.6 Å². The summed E-state index contributed by atoms with van der Waals surface area (Å²) >= 11 is 7.48. The minimum atomic E-state index is -0.360. The fourth-order valence-electron chi connectivity index (χ4n) is 2.18. The fraction of sp³-hybridized carbons (Fsp3) is 0.312. The Labute approximate surface area is 133 Å². The van der Waals surface area contributed by atoms with Gasteiger partial charge in [-0.3, -0.25) is 0 Å². The predicted molar refractivity (Wildman–Crippen MR) is 89.2 cm³/mol. The van der Waals surface area contributed by atoms with Gasteiger partial charge >= 0.3 is 5.97 Å². The van der Waals surface area contributed by atoms with Gasteiger partial charge in [-0.25, -0.2) is 4.79 Å². The van der Waals surface area contributed by atoms with Gasteiger partial charge in [-0.1, -0.05) is 24.6 Å². The lowest BCUT2D eigenvalue weighted by Gasteiger charge is -2.09. The number of carbonyl (C=O) groups is 1. The van der Waals surface area contributed by atoms with Gasteiger partial charge in [0.15, 0.2) is 0 Å². The second-order valence-electron chi connectivity index (χ2n) is 4.87. The van der Waals surface area contributed by atoms with Gasteiger partial charge in [0, 0.05) is 15.5 Å². The molecule has 112 valence electrons. The first-order chi connectivity index (χ1) is 9.95. The van der Waals surface area contributed by atoms with E-state index in [9.17, 15) is 4.79 Å². The molecule has 0 bridgehead atoms. The maximum Gasteiger partial charge on any atom is 0.341 e. The molecule has 21 heavy (non-hydrogen) atoms. The van der Waals surface area contributed by atoms with Crippen LogP contribution in [0, 0.1) is 13.8 Å². The first-order valence-corrected chi connectivity index (χ1v) is 7.97. The molecule has 1 aromatic heterocycles. The van der Waals surface area contributed by atoms with Gasteiger partial charge < -0.3 is 10.5 Å². The van der Waals surface area contributed by atoms with Crippen molar-refractivity contribution in [2.45, 2.75) is 27.2 Å². The van der Waals surface area contributed by atoms with E-state index in [0.717, 1.165) is 28.0 Å². The van der Waals surface area contributed by atoms with Crippen LogP contribution in [0.4, 0.5) is 5.00 Å². The molecule has 0 saturated carbocycles. The number of aryl methyl sites for hydroxylation is 2. The van der Waals surface area contributed by atoms with Crippen LogP contribution in [0.3, 0.4) is 0 Å². The van der Waals surface area contributed by atoms with Crippen molar-refractivity contribution in [2.75, 3.05) is 12.3 Å². The maximum atomic E-state index is 12.3. The lowest BCUT2D eigenvalue weighted by Crippen LogP contribution is -2.08. The molecule has 0 aliphatic heterocycles. The highest BCUT2D eigenvalue weighted by Gasteiger charge is 2.23. The van der Waals surface area contributed by atoms with Crippen LogP contribution in [0.25, 0.3) is 11.1 Å².